The molecule has 2 heterocycles. The molecule has 1 N–H and O–H groups in total. The summed E-state index contributed by atoms with van der Waals surface area (Å²) in [5.74, 6) is -0.384. The van der Waals surface area contributed by atoms with Gasteiger partial charge in [0.15, 0.2) is 11.8 Å². The van der Waals surface area contributed by atoms with E-state index < -0.39 is 11.8 Å². The highest BCUT2D eigenvalue weighted by atomic mass is 19.1. The second-order valence-electron chi connectivity index (χ2n) is 5.10. The topological polar surface area (TPSA) is 78.0 Å². The molecule has 0 radical (unpaired) electrons. The van der Waals surface area contributed by atoms with Crippen LogP contribution < -0.4 is 0 Å². The second kappa shape index (κ2) is 6.27. The summed E-state index contributed by atoms with van der Waals surface area (Å²) < 4.78 is 21.7. The third kappa shape index (κ3) is 2.99. The molecule has 0 aliphatic carbocycles. The summed E-state index contributed by atoms with van der Waals surface area (Å²) in [7, 11) is 1.47. The smallest absolute Gasteiger partial charge is 0.184 e. The highest BCUT2D eigenvalue weighted by Gasteiger charge is 2.41. The summed E-state index contributed by atoms with van der Waals surface area (Å²) in [5.41, 5.74) is -1.04. The third-order valence-corrected chi connectivity index (χ3v) is 3.61. The van der Waals surface area contributed by atoms with Crippen LogP contribution in [0.25, 0.3) is 0 Å². The van der Waals surface area contributed by atoms with Crippen molar-refractivity contribution in [2.24, 2.45) is 0 Å². The van der Waals surface area contributed by atoms with Crippen LogP contribution in [0.3, 0.4) is 0 Å². The molecule has 2 atom stereocenters. The number of aromatic nitrogens is 5. The molecule has 3 rings (SSSR count). The van der Waals surface area contributed by atoms with E-state index in [4.69, 9.17) is 4.74 Å². The van der Waals surface area contributed by atoms with Crippen LogP contribution in [0.4, 0.5) is 4.39 Å². The van der Waals surface area contributed by atoms with E-state index in [0.29, 0.717) is 5.56 Å². The maximum Gasteiger partial charge on any atom is 0.184 e. The summed E-state index contributed by atoms with van der Waals surface area (Å²) in [6.45, 7) is 0.0665. The van der Waals surface area contributed by atoms with Crippen molar-refractivity contribution in [1.29, 1.82) is 0 Å². The Morgan fingerprint density at radius 3 is 2.65 bits per heavy atom. The van der Waals surface area contributed by atoms with Crippen LogP contribution in [-0.2, 0) is 16.9 Å². The number of benzene rings is 1. The van der Waals surface area contributed by atoms with Gasteiger partial charge < -0.3 is 9.84 Å². The van der Waals surface area contributed by atoms with Crippen LogP contribution in [0.1, 0.15) is 11.8 Å². The van der Waals surface area contributed by atoms with Gasteiger partial charge in [0.05, 0.1) is 6.54 Å². The largest absolute Gasteiger partial charge is 0.378 e. The quantitative estimate of drug-likeness (QED) is 0.742. The number of aliphatic hydroxyl groups is 1. The molecule has 0 saturated heterocycles. The third-order valence-electron chi connectivity index (χ3n) is 3.61. The minimum absolute atomic E-state index is 0.0665. The molecule has 8 heteroatoms. The van der Waals surface area contributed by atoms with Crippen LogP contribution >= 0.6 is 0 Å². The molecular formula is C15H16FN5O2. The Bertz CT molecular complexity index is 730. The number of methoxy groups -OCH3 is 1. The molecule has 0 aliphatic rings. The van der Waals surface area contributed by atoms with Gasteiger partial charge in [-0.05, 0) is 23.8 Å². The normalized spacial score (nSPS) is 15.3. The Balaban J connectivity index is 2.06. The maximum absolute atomic E-state index is 13.3. The van der Waals surface area contributed by atoms with Gasteiger partial charge in [-0.2, -0.15) is 10.2 Å². The van der Waals surface area contributed by atoms with Gasteiger partial charge in [0.25, 0.3) is 0 Å². The van der Waals surface area contributed by atoms with Crippen LogP contribution in [0, 0.1) is 5.82 Å². The summed E-state index contributed by atoms with van der Waals surface area (Å²) >= 11 is 0. The van der Waals surface area contributed by atoms with E-state index >= 15 is 0 Å². The monoisotopic (exact) mass is 317 g/mol. The van der Waals surface area contributed by atoms with Crippen LogP contribution in [0.5, 0.6) is 0 Å². The number of hydrogen-bond donors (Lipinski definition) is 1. The lowest BCUT2D eigenvalue weighted by Crippen LogP contribution is -2.42. The molecule has 1 aromatic carbocycles. The lowest BCUT2D eigenvalue weighted by atomic mass is 9.91. The van der Waals surface area contributed by atoms with E-state index in [1.807, 2.05) is 0 Å². The molecule has 0 fully saturated rings. The van der Waals surface area contributed by atoms with Crippen molar-refractivity contribution in [3.8, 4) is 0 Å². The molecule has 2 aromatic heterocycles. The van der Waals surface area contributed by atoms with Gasteiger partial charge in [-0.15, -0.1) is 0 Å². The molecule has 0 amide bonds. The molecule has 23 heavy (non-hydrogen) atoms. The van der Waals surface area contributed by atoms with Crippen LogP contribution in [0.2, 0.25) is 0 Å². The van der Waals surface area contributed by atoms with E-state index in [0.717, 1.165) is 0 Å². The van der Waals surface area contributed by atoms with Gasteiger partial charge in [-0.25, -0.2) is 18.7 Å². The van der Waals surface area contributed by atoms with E-state index in [9.17, 15) is 9.50 Å². The van der Waals surface area contributed by atoms with Crippen molar-refractivity contribution in [3.05, 3.63) is 66.8 Å². The van der Waals surface area contributed by atoms with Gasteiger partial charge in [-0.1, -0.05) is 12.1 Å². The van der Waals surface area contributed by atoms with E-state index in [1.165, 1.54) is 53.4 Å². The summed E-state index contributed by atoms with van der Waals surface area (Å²) in [5, 5.41) is 19.5. The molecule has 0 saturated carbocycles. The summed E-state index contributed by atoms with van der Waals surface area (Å²) in [6.07, 6.45) is 5.31. The first-order valence-electron chi connectivity index (χ1n) is 6.96. The average molecular weight is 317 g/mol. The first kappa shape index (κ1) is 15.3. The Hall–Kier alpha value is -2.58. The highest BCUT2D eigenvalue weighted by molar-refractivity contribution is 5.24. The van der Waals surface area contributed by atoms with Crippen molar-refractivity contribution in [2.75, 3.05) is 7.11 Å². The zero-order valence-electron chi connectivity index (χ0n) is 12.5. The van der Waals surface area contributed by atoms with Crippen molar-refractivity contribution in [1.82, 2.24) is 24.5 Å². The fraction of sp³-hybridized carbons (Fsp3) is 0.267. The zero-order valence-corrected chi connectivity index (χ0v) is 12.5. The number of hydrogen-bond acceptors (Lipinski definition) is 5. The van der Waals surface area contributed by atoms with Crippen LogP contribution in [0.15, 0.2) is 55.4 Å². The zero-order chi connectivity index (χ0) is 16.3. The Morgan fingerprint density at radius 2 is 2.09 bits per heavy atom. The minimum Gasteiger partial charge on any atom is -0.378 e. The molecule has 0 unspecified atom stereocenters. The Labute approximate surface area is 132 Å². The van der Waals surface area contributed by atoms with Gasteiger partial charge in [0.2, 0.25) is 0 Å². The molecule has 0 aliphatic heterocycles. The summed E-state index contributed by atoms with van der Waals surface area (Å²) in [4.78, 5) is 3.88. The fourth-order valence-electron chi connectivity index (χ4n) is 2.55. The van der Waals surface area contributed by atoms with Gasteiger partial charge in [0, 0.05) is 19.5 Å². The van der Waals surface area contributed by atoms with Gasteiger partial charge in [0.1, 0.15) is 18.5 Å². The molecule has 7 nitrogen and oxygen atoms in total. The number of nitrogens with zero attached hydrogens (tertiary/aromatic N) is 5. The first-order valence-corrected chi connectivity index (χ1v) is 6.96. The Morgan fingerprint density at radius 1 is 1.30 bits per heavy atom. The lowest BCUT2D eigenvalue weighted by molar-refractivity contribution is -0.153. The standard InChI is InChI=1S/C15H16FN5O2/c1-23-14(21-8-2-7-18-21)15(22,9-20-11-17-10-19-20)12-3-5-13(16)6-4-12/h2-8,10-11,14,22H,9H2,1H3/t14-,15+/m1/s1. The van der Waals surface area contributed by atoms with Crippen molar-refractivity contribution < 1.29 is 14.2 Å². The predicted octanol–water partition coefficient (Wildman–Crippen LogP) is 1.35. The molecule has 120 valence electrons. The predicted molar refractivity (Wildman–Crippen MR) is 78.6 cm³/mol. The minimum atomic E-state index is -1.53. The molecule has 3 aromatic rings. The van der Waals surface area contributed by atoms with Crippen molar-refractivity contribution >= 4 is 0 Å². The van der Waals surface area contributed by atoms with Crippen molar-refractivity contribution in [2.45, 2.75) is 18.4 Å². The lowest BCUT2D eigenvalue weighted by Gasteiger charge is -2.35. The number of ether oxygens (including phenoxy) is 1. The van der Waals surface area contributed by atoms with Crippen LogP contribution in [-0.4, -0.2) is 36.8 Å². The van der Waals surface area contributed by atoms with Gasteiger partial charge >= 0.3 is 0 Å². The van der Waals surface area contributed by atoms with Crippen molar-refractivity contribution in [3.63, 3.8) is 0 Å². The molecule has 0 bridgehead atoms. The highest BCUT2D eigenvalue weighted by Crippen LogP contribution is 2.35. The Kier molecular flexibility index (Phi) is 4.18. The maximum atomic E-state index is 13.3. The van der Waals surface area contributed by atoms with E-state index in [1.54, 1.807) is 18.5 Å². The van der Waals surface area contributed by atoms with E-state index in [2.05, 4.69) is 15.2 Å². The second-order valence-corrected chi connectivity index (χ2v) is 5.10. The number of halogens is 1. The summed E-state index contributed by atoms with van der Waals surface area (Å²) in [6, 6.07) is 7.34. The van der Waals surface area contributed by atoms with Gasteiger partial charge in [-0.3, -0.25) is 0 Å². The van der Waals surface area contributed by atoms with E-state index in [-0.39, 0.29) is 12.4 Å². The molecule has 0 spiro atoms. The molecular weight excluding hydrogens is 301 g/mol. The first-order chi connectivity index (χ1) is 11.1. The average Bonchev–Trinajstić information content (AvgIpc) is 3.22. The fourth-order valence-corrected chi connectivity index (χ4v) is 2.55. The number of rotatable bonds is 6. The SMILES string of the molecule is CO[C@@H](n1cccn1)[C@](O)(Cn1cncn1)c1ccc(F)cc1.